The molecule has 0 aliphatic heterocycles. The number of aliphatic carboxylic acids is 1. The van der Waals surface area contributed by atoms with Crippen LogP contribution in [0.4, 0.5) is 0 Å². The van der Waals surface area contributed by atoms with Crippen LogP contribution < -0.4 is 0 Å². The van der Waals surface area contributed by atoms with E-state index in [9.17, 15) is 4.79 Å². The summed E-state index contributed by atoms with van der Waals surface area (Å²) in [6.45, 7) is 1.90. The van der Waals surface area contributed by atoms with Gasteiger partial charge in [0, 0.05) is 0 Å². The zero-order valence-electron chi connectivity index (χ0n) is 7.99. The molecule has 0 spiro atoms. The molecule has 2 rings (SSSR count). The minimum Gasteiger partial charge on any atom is -0.481 e. The fourth-order valence-corrected chi connectivity index (χ4v) is 2.86. The predicted octanol–water partition coefficient (Wildman–Crippen LogP) is 2.45. The summed E-state index contributed by atoms with van der Waals surface area (Å²) in [4.78, 5) is 11.1. The minimum atomic E-state index is -0.613. The normalized spacial score (nSPS) is 43.2. The Balaban J connectivity index is 2.19. The Kier molecular flexibility index (Phi) is 1.94. The van der Waals surface area contributed by atoms with Crippen molar-refractivity contribution in [1.82, 2.24) is 0 Å². The van der Waals surface area contributed by atoms with Crippen LogP contribution in [0.1, 0.15) is 32.6 Å². The third-order valence-corrected chi connectivity index (χ3v) is 3.48. The number of hydrogen-bond donors (Lipinski definition) is 1. The van der Waals surface area contributed by atoms with Crippen molar-refractivity contribution in [3.8, 4) is 0 Å². The molecular weight excluding hydrogens is 164 g/mol. The van der Waals surface area contributed by atoms with Crippen LogP contribution in [0.5, 0.6) is 0 Å². The van der Waals surface area contributed by atoms with E-state index < -0.39 is 11.4 Å². The van der Waals surface area contributed by atoms with Crippen molar-refractivity contribution in [2.24, 2.45) is 17.3 Å². The SMILES string of the molecule is CC1(C(=O)O)CC2C=CCC(C2)C1. The third-order valence-electron chi connectivity index (χ3n) is 3.48. The summed E-state index contributed by atoms with van der Waals surface area (Å²) in [7, 11) is 0. The van der Waals surface area contributed by atoms with E-state index in [1.807, 2.05) is 6.92 Å². The molecule has 2 aliphatic carbocycles. The zero-order valence-corrected chi connectivity index (χ0v) is 7.99. The molecule has 0 amide bonds. The summed E-state index contributed by atoms with van der Waals surface area (Å²) in [5.74, 6) is 0.524. The third kappa shape index (κ3) is 1.50. The fraction of sp³-hybridized carbons (Fsp3) is 0.727. The zero-order chi connectivity index (χ0) is 9.47. The second kappa shape index (κ2) is 2.86. The molecule has 1 saturated carbocycles. The molecule has 2 bridgehead atoms. The van der Waals surface area contributed by atoms with E-state index in [-0.39, 0.29) is 0 Å². The van der Waals surface area contributed by atoms with E-state index in [1.165, 1.54) is 6.42 Å². The summed E-state index contributed by atoms with van der Waals surface area (Å²) in [6, 6.07) is 0. The molecule has 13 heavy (non-hydrogen) atoms. The molecular formula is C11H16O2. The monoisotopic (exact) mass is 180 g/mol. The van der Waals surface area contributed by atoms with Crippen molar-refractivity contribution in [1.29, 1.82) is 0 Å². The van der Waals surface area contributed by atoms with Gasteiger partial charge >= 0.3 is 5.97 Å². The molecule has 2 aliphatic rings. The Hall–Kier alpha value is -0.790. The van der Waals surface area contributed by atoms with E-state index >= 15 is 0 Å². The molecule has 2 nitrogen and oxygen atoms in total. The highest BCUT2D eigenvalue weighted by atomic mass is 16.4. The summed E-state index contributed by atoms with van der Waals surface area (Å²) in [5.41, 5.74) is -0.460. The van der Waals surface area contributed by atoms with Gasteiger partial charge in [0.25, 0.3) is 0 Å². The molecule has 3 unspecified atom stereocenters. The van der Waals surface area contributed by atoms with E-state index in [0.29, 0.717) is 11.8 Å². The van der Waals surface area contributed by atoms with Crippen molar-refractivity contribution in [2.75, 3.05) is 0 Å². The molecule has 72 valence electrons. The van der Waals surface area contributed by atoms with Gasteiger partial charge in [-0.3, -0.25) is 4.79 Å². The van der Waals surface area contributed by atoms with Gasteiger partial charge in [-0.25, -0.2) is 0 Å². The number of carboxylic acids is 1. The number of allylic oxidation sites excluding steroid dienone is 2. The van der Waals surface area contributed by atoms with Crippen LogP contribution in [0.3, 0.4) is 0 Å². The van der Waals surface area contributed by atoms with E-state index in [0.717, 1.165) is 19.3 Å². The Morgan fingerprint density at radius 1 is 1.54 bits per heavy atom. The van der Waals surface area contributed by atoms with E-state index in [2.05, 4.69) is 12.2 Å². The molecule has 1 N–H and O–H groups in total. The maximum absolute atomic E-state index is 11.1. The lowest BCUT2D eigenvalue weighted by atomic mass is 9.64. The van der Waals surface area contributed by atoms with Gasteiger partial charge in [-0.15, -0.1) is 0 Å². The maximum Gasteiger partial charge on any atom is 0.309 e. The van der Waals surface area contributed by atoms with Gasteiger partial charge in [0.1, 0.15) is 0 Å². The van der Waals surface area contributed by atoms with Crippen LogP contribution in [0.25, 0.3) is 0 Å². The first-order chi connectivity index (χ1) is 6.10. The largest absolute Gasteiger partial charge is 0.481 e. The second-order valence-electron chi connectivity index (χ2n) is 4.80. The molecule has 3 atom stereocenters. The number of carbonyl (C=O) groups is 1. The highest BCUT2D eigenvalue weighted by Crippen LogP contribution is 2.46. The van der Waals surface area contributed by atoms with Crippen LogP contribution in [-0.2, 0) is 4.79 Å². The quantitative estimate of drug-likeness (QED) is 0.629. The summed E-state index contributed by atoms with van der Waals surface area (Å²) in [5, 5.41) is 9.13. The Morgan fingerprint density at radius 3 is 2.92 bits per heavy atom. The van der Waals surface area contributed by atoms with Gasteiger partial charge in [-0.2, -0.15) is 0 Å². The summed E-state index contributed by atoms with van der Waals surface area (Å²) in [6.07, 6.45) is 8.41. The lowest BCUT2D eigenvalue weighted by Crippen LogP contribution is -2.37. The van der Waals surface area contributed by atoms with Gasteiger partial charge in [0.2, 0.25) is 0 Å². The first kappa shape index (κ1) is 8.79. The molecule has 0 aromatic carbocycles. The molecule has 0 saturated heterocycles. The average molecular weight is 180 g/mol. The Morgan fingerprint density at radius 2 is 2.31 bits per heavy atom. The van der Waals surface area contributed by atoms with Crippen LogP contribution in [-0.4, -0.2) is 11.1 Å². The summed E-state index contributed by atoms with van der Waals surface area (Å²) < 4.78 is 0. The topological polar surface area (TPSA) is 37.3 Å². The first-order valence-corrected chi connectivity index (χ1v) is 5.00. The van der Waals surface area contributed by atoms with E-state index in [1.54, 1.807) is 0 Å². The summed E-state index contributed by atoms with van der Waals surface area (Å²) >= 11 is 0. The van der Waals surface area contributed by atoms with Crippen molar-refractivity contribution in [3.05, 3.63) is 12.2 Å². The molecule has 0 aromatic rings. The Bertz CT molecular complexity index is 257. The molecule has 1 fully saturated rings. The number of hydrogen-bond acceptors (Lipinski definition) is 1. The maximum atomic E-state index is 11.1. The number of fused-ring (bicyclic) bond motifs is 2. The Labute approximate surface area is 78.6 Å². The standard InChI is InChI=1S/C11H16O2/c1-11(10(12)13)6-8-3-2-4-9(5-8)7-11/h2-3,8-9H,4-7H2,1H3,(H,12,13). The molecule has 0 heterocycles. The van der Waals surface area contributed by atoms with Crippen LogP contribution in [0.2, 0.25) is 0 Å². The van der Waals surface area contributed by atoms with E-state index in [4.69, 9.17) is 5.11 Å². The van der Waals surface area contributed by atoms with Gasteiger partial charge in [-0.1, -0.05) is 12.2 Å². The molecule has 0 radical (unpaired) electrons. The second-order valence-corrected chi connectivity index (χ2v) is 4.80. The molecule has 2 heteroatoms. The number of carboxylic acid groups (broad SMARTS) is 1. The van der Waals surface area contributed by atoms with Crippen LogP contribution in [0.15, 0.2) is 12.2 Å². The van der Waals surface area contributed by atoms with Crippen molar-refractivity contribution in [3.63, 3.8) is 0 Å². The van der Waals surface area contributed by atoms with Crippen LogP contribution in [0, 0.1) is 17.3 Å². The lowest BCUT2D eigenvalue weighted by molar-refractivity contribution is -0.151. The van der Waals surface area contributed by atoms with Crippen LogP contribution >= 0.6 is 0 Å². The predicted molar refractivity (Wildman–Crippen MR) is 50.3 cm³/mol. The first-order valence-electron chi connectivity index (χ1n) is 5.00. The lowest BCUT2D eigenvalue weighted by Gasteiger charge is -2.40. The minimum absolute atomic E-state index is 0.460. The highest BCUT2D eigenvalue weighted by Gasteiger charge is 2.42. The van der Waals surface area contributed by atoms with Gasteiger partial charge < -0.3 is 5.11 Å². The highest BCUT2D eigenvalue weighted by molar-refractivity contribution is 5.74. The van der Waals surface area contributed by atoms with Crippen molar-refractivity contribution in [2.45, 2.75) is 32.6 Å². The van der Waals surface area contributed by atoms with Gasteiger partial charge in [-0.05, 0) is 44.4 Å². The number of rotatable bonds is 1. The smallest absolute Gasteiger partial charge is 0.309 e. The average Bonchev–Trinajstić information content (AvgIpc) is 2.02. The van der Waals surface area contributed by atoms with Crippen molar-refractivity contribution >= 4 is 5.97 Å². The van der Waals surface area contributed by atoms with Gasteiger partial charge in [0.15, 0.2) is 0 Å². The van der Waals surface area contributed by atoms with Gasteiger partial charge in [0.05, 0.1) is 5.41 Å². The fourth-order valence-electron chi connectivity index (χ4n) is 2.86. The van der Waals surface area contributed by atoms with Crippen molar-refractivity contribution < 1.29 is 9.90 Å². The molecule has 0 aromatic heterocycles.